The van der Waals surface area contributed by atoms with Crippen LogP contribution in [0.25, 0.3) is 0 Å². The maximum Gasteiger partial charge on any atom is 0.410 e. The van der Waals surface area contributed by atoms with Gasteiger partial charge in [0, 0.05) is 34.9 Å². The molecule has 3 amide bonds. The van der Waals surface area contributed by atoms with E-state index in [1.54, 1.807) is 25.7 Å². The minimum atomic E-state index is -1.13. The summed E-state index contributed by atoms with van der Waals surface area (Å²) in [6.45, 7) is 5.64. The van der Waals surface area contributed by atoms with Crippen LogP contribution in [0.1, 0.15) is 33.6 Å². The predicted molar refractivity (Wildman–Crippen MR) is 111 cm³/mol. The van der Waals surface area contributed by atoms with Crippen molar-refractivity contribution in [3.63, 3.8) is 0 Å². The van der Waals surface area contributed by atoms with Gasteiger partial charge in [-0.1, -0.05) is 23.2 Å². The molecule has 0 saturated carbocycles. The molecular weight excluding hydrogens is 421 g/mol. The second-order valence-electron chi connectivity index (χ2n) is 7.81. The molecule has 1 fully saturated rings. The number of likely N-dealkylation sites (tertiary alicyclic amines) is 1. The van der Waals surface area contributed by atoms with Crippen molar-refractivity contribution in [3.8, 4) is 0 Å². The summed E-state index contributed by atoms with van der Waals surface area (Å²) >= 11 is 11.9. The maximum atomic E-state index is 12.7. The summed E-state index contributed by atoms with van der Waals surface area (Å²) in [4.78, 5) is 39.0. The lowest BCUT2D eigenvalue weighted by atomic mass is 10.0. The lowest BCUT2D eigenvalue weighted by Gasteiger charge is -2.38. The molecule has 0 radical (unpaired) electrons. The third-order valence-corrected chi connectivity index (χ3v) is 4.67. The van der Waals surface area contributed by atoms with E-state index in [4.69, 9.17) is 27.9 Å². The molecule has 0 aliphatic carbocycles. The molecule has 29 heavy (non-hydrogen) atoms. The summed E-state index contributed by atoms with van der Waals surface area (Å²) in [6.07, 6.45) is 0.464. The van der Waals surface area contributed by atoms with E-state index < -0.39 is 30.2 Å². The van der Waals surface area contributed by atoms with Gasteiger partial charge in [-0.3, -0.25) is 4.79 Å². The molecule has 2 N–H and O–H groups in total. The van der Waals surface area contributed by atoms with Gasteiger partial charge in [0.25, 0.3) is 0 Å². The number of anilines is 1. The summed E-state index contributed by atoms with van der Waals surface area (Å²) in [5.74, 6) is -1.13. The molecule has 1 saturated heterocycles. The van der Waals surface area contributed by atoms with Gasteiger partial charge in [0.05, 0.1) is 0 Å². The second kappa shape index (κ2) is 9.54. The van der Waals surface area contributed by atoms with Crippen LogP contribution in [-0.2, 0) is 9.53 Å². The van der Waals surface area contributed by atoms with Crippen LogP contribution in [0.15, 0.2) is 18.2 Å². The topological polar surface area (TPSA) is 99.2 Å². The first kappa shape index (κ1) is 23.1. The fraction of sp³-hybridized carbons (Fsp3) is 0.526. The number of hydrogen-bond acceptors (Lipinski definition) is 4. The third-order valence-electron chi connectivity index (χ3n) is 4.24. The van der Waals surface area contributed by atoms with Crippen LogP contribution < -0.4 is 5.32 Å². The van der Waals surface area contributed by atoms with E-state index in [2.05, 4.69) is 5.32 Å². The highest BCUT2D eigenvalue weighted by Crippen LogP contribution is 2.24. The standard InChI is InChI=1S/C19H25Cl2N3O5/c1-19(2,3)29-18(28)23-6-4-15(5-7-23)24(11-16(25)26)17(27)22-14-9-12(20)8-13(21)10-14/h8-10,15H,4-7,11H2,1-3H3,(H,22,27)(H,25,26). The van der Waals surface area contributed by atoms with Crippen molar-refractivity contribution in [2.75, 3.05) is 25.0 Å². The number of nitrogens with one attached hydrogen (secondary N) is 1. The van der Waals surface area contributed by atoms with E-state index in [0.29, 0.717) is 41.7 Å². The average molecular weight is 446 g/mol. The molecule has 0 bridgehead atoms. The Kier molecular flexibility index (Phi) is 7.60. The van der Waals surface area contributed by atoms with E-state index in [0.717, 1.165) is 0 Å². The lowest BCUT2D eigenvalue weighted by Crippen LogP contribution is -2.52. The Morgan fingerprint density at radius 1 is 1.17 bits per heavy atom. The van der Waals surface area contributed by atoms with Crippen LogP contribution in [0.2, 0.25) is 10.0 Å². The highest BCUT2D eigenvalue weighted by atomic mass is 35.5. The van der Waals surface area contributed by atoms with Gasteiger partial charge < -0.3 is 25.0 Å². The number of carbonyl (C=O) groups excluding carboxylic acids is 2. The van der Waals surface area contributed by atoms with Crippen LogP contribution in [0.3, 0.4) is 0 Å². The van der Waals surface area contributed by atoms with Gasteiger partial charge in [0.2, 0.25) is 0 Å². The smallest absolute Gasteiger partial charge is 0.410 e. The van der Waals surface area contributed by atoms with Crippen LogP contribution >= 0.6 is 23.2 Å². The van der Waals surface area contributed by atoms with Crippen LogP contribution in [0, 0.1) is 0 Å². The van der Waals surface area contributed by atoms with E-state index >= 15 is 0 Å². The summed E-state index contributed by atoms with van der Waals surface area (Å²) < 4.78 is 5.36. The molecule has 0 aromatic heterocycles. The van der Waals surface area contributed by atoms with Gasteiger partial charge in [-0.05, 0) is 51.8 Å². The van der Waals surface area contributed by atoms with Gasteiger partial charge >= 0.3 is 18.1 Å². The van der Waals surface area contributed by atoms with Crippen LogP contribution in [0.4, 0.5) is 15.3 Å². The molecule has 1 aromatic rings. The first-order valence-corrected chi connectivity index (χ1v) is 9.93. The molecule has 0 atom stereocenters. The number of ether oxygens (including phenoxy) is 1. The Balaban J connectivity index is 2.04. The summed E-state index contributed by atoms with van der Waals surface area (Å²) in [5, 5.41) is 12.6. The number of rotatable bonds is 4. The number of aliphatic carboxylic acids is 1. The number of benzene rings is 1. The molecule has 0 unspecified atom stereocenters. The summed E-state index contributed by atoms with van der Waals surface area (Å²) in [7, 11) is 0. The van der Waals surface area contributed by atoms with Crippen molar-refractivity contribution in [2.45, 2.75) is 45.3 Å². The van der Waals surface area contributed by atoms with Crippen molar-refractivity contribution < 1.29 is 24.2 Å². The Morgan fingerprint density at radius 3 is 2.21 bits per heavy atom. The number of amides is 3. The molecule has 1 aliphatic heterocycles. The van der Waals surface area contributed by atoms with Gasteiger partial charge in [0.1, 0.15) is 12.1 Å². The molecule has 1 aliphatic rings. The predicted octanol–water partition coefficient (Wildman–Crippen LogP) is 4.31. The highest BCUT2D eigenvalue weighted by Gasteiger charge is 2.32. The molecule has 160 valence electrons. The fourth-order valence-electron chi connectivity index (χ4n) is 3.02. The quantitative estimate of drug-likeness (QED) is 0.718. The Labute approximate surface area is 179 Å². The minimum absolute atomic E-state index is 0.334. The number of urea groups is 1. The maximum absolute atomic E-state index is 12.7. The van der Waals surface area contributed by atoms with Gasteiger partial charge in [-0.15, -0.1) is 0 Å². The van der Waals surface area contributed by atoms with Crippen LogP contribution in [-0.4, -0.2) is 64.3 Å². The highest BCUT2D eigenvalue weighted by molar-refractivity contribution is 6.35. The molecule has 10 heteroatoms. The van der Waals surface area contributed by atoms with Crippen molar-refractivity contribution in [1.82, 2.24) is 9.80 Å². The molecule has 0 spiro atoms. The van der Waals surface area contributed by atoms with Crippen molar-refractivity contribution in [1.29, 1.82) is 0 Å². The van der Waals surface area contributed by atoms with Crippen molar-refractivity contribution >= 4 is 47.0 Å². The lowest BCUT2D eigenvalue weighted by molar-refractivity contribution is -0.138. The monoisotopic (exact) mass is 445 g/mol. The normalized spacial score (nSPS) is 15.0. The Hall–Kier alpha value is -2.19. The Bertz CT molecular complexity index is 753. The largest absolute Gasteiger partial charge is 0.480 e. The van der Waals surface area contributed by atoms with Gasteiger partial charge in [0.15, 0.2) is 0 Å². The number of carboxylic acids is 1. The van der Waals surface area contributed by atoms with Crippen LogP contribution in [0.5, 0.6) is 0 Å². The second-order valence-corrected chi connectivity index (χ2v) is 8.68. The summed E-state index contributed by atoms with van der Waals surface area (Å²) in [5.41, 5.74) is -0.226. The number of nitrogens with zero attached hydrogens (tertiary/aromatic N) is 2. The zero-order valence-corrected chi connectivity index (χ0v) is 18.1. The minimum Gasteiger partial charge on any atom is -0.480 e. The molecule has 1 heterocycles. The number of halogens is 2. The van der Waals surface area contributed by atoms with E-state index in [-0.39, 0.29) is 6.04 Å². The van der Waals surface area contributed by atoms with Gasteiger partial charge in [-0.25, -0.2) is 9.59 Å². The number of piperidine rings is 1. The van der Waals surface area contributed by atoms with Crippen molar-refractivity contribution in [3.05, 3.63) is 28.2 Å². The molecule has 2 rings (SSSR count). The van der Waals surface area contributed by atoms with Crippen molar-refractivity contribution in [2.24, 2.45) is 0 Å². The number of carboxylic acid groups (broad SMARTS) is 1. The van der Waals surface area contributed by atoms with Gasteiger partial charge in [-0.2, -0.15) is 0 Å². The summed E-state index contributed by atoms with van der Waals surface area (Å²) in [6, 6.07) is 3.67. The van der Waals surface area contributed by atoms with E-state index in [9.17, 15) is 19.5 Å². The zero-order valence-electron chi connectivity index (χ0n) is 16.6. The average Bonchev–Trinajstić information content (AvgIpc) is 2.57. The fourth-order valence-corrected chi connectivity index (χ4v) is 3.55. The first-order valence-electron chi connectivity index (χ1n) is 9.18. The third kappa shape index (κ3) is 7.29. The van der Waals surface area contributed by atoms with E-state index in [1.807, 2.05) is 0 Å². The number of hydrogen-bond donors (Lipinski definition) is 2. The van der Waals surface area contributed by atoms with E-state index in [1.165, 1.54) is 23.1 Å². The SMILES string of the molecule is CC(C)(C)OC(=O)N1CCC(N(CC(=O)O)C(=O)Nc2cc(Cl)cc(Cl)c2)CC1. The molecule has 8 nitrogen and oxygen atoms in total. The molecular formula is C19H25Cl2N3O5. The Morgan fingerprint density at radius 2 is 1.72 bits per heavy atom. The first-order chi connectivity index (χ1) is 13.4. The number of carbonyl (C=O) groups is 3. The molecule has 1 aromatic carbocycles. The zero-order chi connectivity index (χ0) is 21.8.